The van der Waals surface area contributed by atoms with Crippen LogP contribution in [0.5, 0.6) is 0 Å². The van der Waals surface area contributed by atoms with Crippen LogP contribution in [0, 0.1) is 18.3 Å². The maximum atomic E-state index is 12.1. The Hall–Kier alpha value is -2.77. The molecule has 2 N–H and O–H groups in total. The zero-order valence-electron chi connectivity index (χ0n) is 13.3. The maximum Gasteiger partial charge on any atom is 0.267 e. The van der Waals surface area contributed by atoms with E-state index in [1.54, 1.807) is 24.3 Å². The van der Waals surface area contributed by atoms with Gasteiger partial charge in [0, 0.05) is 23.5 Å². The number of nitrogens with one attached hydrogen (secondary N) is 2. The molecular formula is C19H18ClN3O. The number of hydrogen-bond donors (Lipinski definition) is 2. The first-order valence-corrected chi connectivity index (χ1v) is 7.93. The predicted octanol–water partition coefficient (Wildman–Crippen LogP) is 3.83. The van der Waals surface area contributed by atoms with E-state index in [-0.39, 0.29) is 5.57 Å². The molecule has 1 amide bonds. The average Bonchev–Trinajstić information content (AvgIpc) is 2.56. The fourth-order valence-corrected chi connectivity index (χ4v) is 2.38. The Morgan fingerprint density at radius 2 is 2.04 bits per heavy atom. The van der Waals surface area contributed by atoms with Crippen molar-refractivity contribution in [2.24, 2.45) is 0 Å². The molecule has 0 atom stereocenters. The second-order valence-electron chi connectivity index (χ2n) is 5.26. The van der Waals surface area contributed by atoms with Crippen LogP contribution in [-0.4, -0.2) is 12.5 Å². The molecule has 0 aliphatic heterocycles. The van der Waals surface area contributed by atoms with E-state index in [4.69, 9.17) is 16.9 Å². The number of nitriles is 1. The number of halogens is 1. The Morgan fingerprint density at radius 1 is 1.25 bits per heavy atom. The molecule has 0 unspecified atom stereocenters. The van der Waals surface area contributed by atoms with Gasteiger partial charge in [0.15, 0.2) is 0 Å². The summed E-state index contributed by atoms with van der Waals surface area (Å²) < 4.78 is 0. The second-order valence-corrected chi connectivity index (χ2v) is 5.70. The van der Waals surface area contributed by atoms with Crippen LogP contribution >= 0.6 is 11.6 Å². The molecule has 0 saturated carbocycles. The van der Waals surface area contributed by atoms with Crippen LogP contribution < -0.4 is 10.6 Å². The van der Waals surface area contributed by atoms with Crippen molar-refractivity contribution in [3.05, 3.63) is 76.5 Å². The van der Waals surface area contributed by atoms with Crippen LogP contribution in [0.25, 0.3) is 0 Å². The number of carbonyl (C=O) groups is 1. The van der Waals surface area contributed by atoms with E-state index in [9.17, 15) is 4.79 Å². The standard InChI is InChI=1S/C19H18ClN3O/c1-14-5-2-3-6-15(14)9-10-22-13-16(12-21)19(24)23-18-8-4-7-17(20)11-18/h2-8,11,13,22H,9-10H2,1H3,(H,23,24)/b16-13-. The zero-order chi connectivity index (χ0) is 17.4. The summed E-state index contributed by atoms with van der Waals surface area (Å²) in [5.41, 5.74) is 3.02. The Bertz CT molecular complexity index is 793. The summed E-state index contributed by atoms with van der Waals surface area (Å²) in [6.07, 6.45) is 2.26. The molecule has 2 rings (SSSR count). The SMILES string of the molecule is Cc1ccccc1CCN/C=C(/C#N)C(=O)Nc1cccc(Cl)c1. The van der Waals surface area contributed by atoms with E-state index in [1.165, 1.54) is 17.3 Å². The minimum atomic E-state index is -0.469. The van der Waals surface area contributed by atoms with Crippen molar-refractivity contribution in [1.82, 2.24) is 5.32 Å². The molecule has 0 radical (unpaired) electrons. The highest BCUT2D eigenvalue weighted by Gasteiger charge is 2.09. The highest BCUT2D eigenvalue weighted by atomic mass is 35.5. The van der Waals surface area contributed by atoms with Crippen molar-refractivity contribution < 1.29 is 4.79 Å². The third-order valence-corrected chi connectivity index (χ3v) is 3.73. The predicted molar refractivity (Wildman–Crippen MR) is 96.7 cm³/mol. The van der Waals surface area contributed by atoms with Gasteiger partial charge in [0.25, 0.3) is 5.91 Å². The summed E-state index contributed by atoms with van der Waals surface area (Å²) in [7, 11) is 0. The largest absolute Gasteiger partial charge is 0.389 e. The van der Waals surface area contributed by atoms with Crippen molar-refractivity contribution in [3.8, 4) is 6.07 Å². The number of benzene rings is 2. The third kappa shape index (κ3) is 5.15. The molecule has 2 aromatic carbocycles. The summed E-state index contributed by atoms with van der Waals surface area (Å²) in [5.74, 6) is -0.469. The Morgan fingerprint density at radius 3 is 2.75 bits per heavy atom. The Labute approximate surface area is 146 Å². The lowest BCUT2D eigenvalue weighted by atomic mass is 10.1. The smallest absolute Gasteiger partial charge is 0.267 e. The number of anilines is 1. The molecule has 122 valence electrons. The van der Waals surface area contributed by atoms with Gasteiger partial charge in [-0.25, -0.2) is 0 Å². The summed E-state index contributed by atoms with van der Waals surface area (Å²) in [5, 5.41) is 15.3. The molecule has 0 spiro atoms. The molecule has 0 aliphatic carbocycles. The minimum absolute atomic E-state index is 0.0137. The quantitative estimate of drug-likeness (QED) is 0.477. The molecule has 0 saturated heterocycles. The molecule has 0 aliphatic rings. The molecule has 24 heavy (non-hydrogen) atoms. The zero-order valence-corrected chi connectivity index (χ0v) is 14.1. The number of aryl methyl sites for hydroxylation is 1. The molecule has 5 heteroatoms. The monoisotopic (exact) mass is 339 g/mol. The van der Waals surface area contributed by atoms with E-state index < -0.39 is 5.91 Å². The highest BCUT2D eigenvalue weighted by molar-refractivity contribution is 6.31. The lowest BCUT2D eigenvalue weighted by Crippen LogP contribution is -2.18. The van der Waals surface area contributed by atoms with Gasteiger partial charge in [-0.3, -0.25) is 4.79 Å². The van der Waals surface area contributed by atoms with Gasteiger partial charge in [-0.1, -0.05) is 41.9 Å². The van der Waals surface area contributed by atoms with Gasteiger partial charge in [0.1, 0.15) is 11.6 Å². The van der Waals surface area contributed by atoms with Crippen LogP contribution in [0.3, 0.4) is 0 Å². The number of hydrogen-bond acceptors (Lipinski definition) is 3. The number of rotatable bonds is 6. The Balaban J connectivity index is 1.90. The second kappa shape index (κ2) is 8.76. The van der Waals surface area contributed by atoms with Crippen molar-refractivity contribution in [3.63, 3.8) is 0 Å². The van der Waals surface area contributed by atoms with Crippen molar-refractivity contribution in [2.45, 2.75) is 13.3 Å². The van der Waals surface area contributed by atoms with Crippen LogP contribution in [0.4, 0.5) is 5.69 Å². The number of amides is 1. The minimum Gasteiger partial charge on any atom is -0.389 e. The van der Waals surface area contributed by atoms with Gasteiger partial charge in [-0.05, 0) is 42.7 Å². The average molecular weight is 340 g/mol. The molecular weight excluding hydrogens is 322 g/mol. The van der Waals surface area contributed by atoms with Crippen molar-refractivity contribution >= 4 is 23.2 Å². The van der Waals surface area contributed by atoms with E-state index in [1.807, 2.05) is 18.2 Å². The van der Waals surface area contributed by atoms with Crippen molar-refractivity contribution in [2.75, 3.05) is 11.9 Å². The maximum absolute atomic E-state index is 12.1. The summed E-state index contributed by atoms with van der Waals surface area (Å²) in [6.45, 7) is 2.70. The normalized spacial score (nSPS) is 10.8. The van der Waals surface area contributed by atoms with E-state index in [2.05, 4.69) is 29.7 Å². The number of nitrogens with zero attached hydrogens (tertiary/aromatic N) is 1. The molecule has 4 nitrogen and oxygen atoms in total. The topological polar surface area (TPSA) is 64.9 Å². The molecule has 0 aromatic heterocycles. The van der Waals surface area contributed by atoms with Gasteiger partial charge in [-0.2, -0.15) is 5.26 Å². The van der Waals surface area contributed by atoms with E-state index >= 15 is 0 Å². The first-order valence-electron chi connectivity index (χ1n) is 7.55. The van der Waals surface area contributed by atoms with Crippen molar-refractivity contribution in [1.29, 1.82) is 5.26 Å². The van der Waals surface area contributed by atoms with Gasteiger partial charge < -0.3 is 10.6 Å². The summed E-state index contributed by atoms with van der Waals surface area (Å²) >= 11 is 5.87. The van der Waals surface area contributed by atoms with E-state index in [0.717, 1.165) is 6.42 Å². The van der Waals surface area contributed by atoms with Crippen LogP contribution in [0.1, 0.15) is 11.1 Å². The fourth-order valence-electron chi connectivity index (χ4n) is 2.18. The first-order chi connectivity index (χ1) is 11.6. The first kappa shape index (κ1) is 17.6. The summed E-state index contributed by atoms with van der Waals surface area (Å²) in [6, 6.07) is 16.8. The lowest BCUT2D eigenvalue weighted by molar-refractivity contribution is -0.112. The van der Waals surface area contributed by atoms with Gasteiger partial charge in [0.05, 0.1) is 0 Å². The summed E-state index contributed by atoms with van der Waals surface area (Å²) in [4.78, 5) is 12.1. The van der Waals surface area contributed by atoms with Gasteiger partial charge in [-0.15, -0.1) is 0 Å². The fraction of sp³-hybridized carbons (Fsp3) is 0.158. The van der Waals surface area contributed by atoms with Crippen LogP contribution in [0.2, 0.25) is 5.02 Å². The van der Waals surface area contributed by atoms with Gasteiger partial charge in [0.2, 0.25) is 0 Å². The highest BCUT2D eigenvalue weighted by Crippen LogP contribution is 2.15. The molecule has 0 bridgehead atoms. The molecule has 2 aromatic rings. The third-order valence-electron chi connectivity index (χ3n) is 3.49. The number of carbonyl (C=O) groups excluding carboxylic acids is 1. The van der Waals surface area contributed by atoms with Gasteiger partial charge >= 0.3 is 0 Å². The van der Waals surface area contributed by atoms with Crippen LogP contribution in [-0.2, 0) is 11.2 Å². The molecule has 0 fully saturated rings. The van der Waals surface area contributed by atoms with E-state index in [0.29, 0.717) is 17.3 Å². The lowest BCUT2D eigenvalue weighted by Gasteiger charge is -2.07. The molecule has 0 heterocycles. The van der Waals surface area contributed by atoms with Crippen LogP contribution in [0.15, 0.2) is 60.3 Å². The Kier molecular flexibility index (Phi) is 6.41.